The number of carbonyl (C=O) groups excluding carboxylic acids is 1. The summed E-state index contributed by atoms with van der Waals surface area (Å²) in [6.07, 6.45) is 5.44. The van der Waals surface area contributed by atoms with Gasteiger partial charge in [0.2, 0.25) is 5.91 Å². The monoisotopic (exact) mass is 417 g/mol. The number of benzene rings is 1. The van der Waals surface area contributed by atoms with E-state index in [1.165, 1.54) is 0 Å². The molecule has 1 aromatic carbocycles. The smallest absolute Gasteiger partial charge is 0.223 e. The van der Waals surface area contributed by atoms with Crippen LogP contribution in [0.1, 0.15) is 49.8 Å². The van der Waals surface area contributed by atoms with Gasteiger partial charge in [-0.15, -0.1) is 12.4 Å². The van der Waals surface area contributed by atoms with Crippen LogP contribution < -0.4 is 10.1 Å². The minimum absolute atomic E-state index is 0. The maximum Gasteiger partial charge on any atom is 0.223 e. The van der Waals surface area contributed by atoms with Crippen LogP contribution in [-0.4, -0.2) is 42.0 Å². The highest BCUT2D eigenvalue weighted by atomic mass is 35.5. The third-order valence-electron chi connectivity index (χ3n) is 5.53. The number of pyridine rings is 1. The van der Waals surface area contributed by atoms with E-state index in [2.05, 4.69) is 34.3 Å². The molecule has 1 aliphatic rings. The number of carbonyl (C=O) groups is 1. The summed E-state index contributed by atoms with van der Waals surface area (Å²) < 4.78 is 5.24. The van der Waals surface area contributed by atoms with Crippen molar-refractivity contribution in [2.75, 3.05) is 20.2 Å². The molecule has 0 bridgehead atoms. The van der Waals surface area contributed by atoms with Crippen LogP contribution in [-0.2, 0) is 11.3 Å². The van der Waals surface area contributed by atoms with Crippen molar-refractivity contribution in [2.24, 2.45) is 0 Å². The Morgan fingerprint density at radius 3 is 2.69 bits per heavy atom. The number of hydrogen-bond donors (Lipinski definition) is 1. The van der Waals surface area contributed by atoms with Gasteiger partial charge in [0.15, 0.2) is 0 Å². The summed E-state index contributed by atoms with van der Waals surface area (Å²) >= 11 is 0. The molecule has 1 N–H and O–H groups in total. The highest BCUT2D eigenvalue weighted by molar-refractivity contribution is 5.85. The van der Waals surface area contributed by atoms with E-state index in [4.69, 9.17) is 4.74 Å². The first-order valence-electron chi connectivity index (χ1n) is 10.2. The molecule has 158 valence electrons. The van der Waals surface area contributed by atoms with Crippen molar-refractivity contribution in [3.63, 3.8) is 0 Å². The highest BCUT2D eigenvalue weighted by Gasteiger charge is 2.26. The lowest BCUT2D eigenvalue weighted by Crippen LogP contribution is -2.41. The van der Waals surface area contributed by atoms with Gasteiger partial charge in [0.1, 0.15) is 5.75 Å². The van der Waals surface area contributed by atoms with E-state index in [9.17, 15) is 4.79 Å². The Morgan fingerprint density at radius 1 is 1.21 bits per heavy atom. The summed E-state index contributed by atoms with van der Waals surface area (Å²) in [4.78, 5) is 19.8. The average Bonchev–Trinajstić information content (AvgIpc) is 3.02. The zero-order chi connectivity index (χ0) is 19.8. The van der Waals surface area contributed by atoms with Crippen LogP contribution in [0, 0.1) is 0 Å². The zero-order valence-electron chi connectivity index (χ0n) is 17.3. The molecular formula is C23H32ClN3O2. The number of aromatic nitrogens is 1. The first kappa shape index (κ1) is 23.2. The number of hydrogen-bond acceptors (Lipinski definition) is 4. The van der Waals surface area contributed by atoms with Gasteiger partial charge in [0.05, 0.1) is 19.3 Å². The highest BCUT2D eigenvalue weighted by Crippen LogP contribution is 2.25. The summed E-state index contributed by atoms with van der Waals surface area (Å²) in [6.45, 7) is 4.70. The number of amides is 1. The maximum atomic E-state index is 13.3. The summed E-state index contributed by atoms with van der Waals surface area (Å²) in [7, 11) is 1.67. The van der Waals surface area contributed by atoms with Gasteiger partial charge >= 0.3 is 0 Å². The second-order valence-corrected chi connectivity index (χ2v) is 7.56. The summed E-state index contributed by atoms with van der Waals surface area (Å²) in [5, 5.41) is 3.45. The minimum Gasteiger partial charge on any atom is -0.497 e. The zero-order valence-corrected chi connectivity index (χ0v) is 18.2. The third kappa shape index (κ3) is 6.72. The molecule has 0 saturated carbocycles. The van der Waals surface area contributed by atoms with Crippen molar-refractivity contribution in [1.29, 1.82) is 0 Å². The second kappa shape index (κ2) is 11.8. The fraction of sp³-hybridized carbons (Fsp3) is 0.478. The SMILES string of the molecule is COc1ccc(C(C)CC(=O)N(Cc2ccccn2)C2CCCNCC2)cc1.Cl. The molecule has 1 aliphatic heterocycles. The average molecular weight is 418 g/mol. The minimum atomic E-state index is 0. The van der Waals surface area contributed by atoms with Crippen molar-refractivity contribution in [3.8, 4) is 5.75 Å². The van der Waals surface area contributed by atoms with Crippen LogP contribution in [0.4, 0.5) is 0 Å². The fourth-order valence-corrected chi connectivity index (χ4v) is 3.83. The Bertz CT molecular complexity index is 732. The van der Waals surface area contributed by atoms with Gasteiger partial charge in [-0.25, -0.2) is 0 Å². The molecule has 0 aliphatic carbocycles. The molecule has 2 aromatic rings. The van der Waals surface area contributed by atoms with Gasteiger partial charge < -0.3 is 15.0 Å². The Labute approximate surface area is 180 Å². The van der Waals surface area contributed by atoms with Crippen molar-refractivity contribution in [2.45, 2.75) is 51.1 Å². The molecule has 1 saturated heterocycles. The van der Waals surface area contributed by atoms with Gasteiger partial charge in [-0.2, -0.15) is 0 Å². The van der Waals surface area contributed by atoms with Crippen molar-refractivity contribution < 1.29 is 9.53 Å². The van der Waals surface area contributed by atoms with Gasteiger partial charge in [0, 0.05) is 18.7 Å². The number of methoxy groups -OCH3 is 1. The Hall–Kier alpha value is -2.11. The van der Waals surface area contributed by atoms with Gasteiger partial charge in [-0.1, -0.05) is 25.1 Å². The number of nitrogens with one attached hydrogen (secondary N) is 1. The Morgan fingerprint density at radius 2 is 2.00 bits per heavy atom. The lowest BCUT2D eigenvalue weighted by atomic mass is 9.96. The lowest BCUT2D eigenvalue weighted by Gasteiger charge is -2.32. The van der Waals surface area contributed by atoms with Gasteiger partial charge in [0.25, 0.3) is 0 Å². The van der Waals surface area contributed by atoms with Crippen molar-refractivity contribution in [1.82, 2.24) is 15.2 Å². The molecule has 29 heavy (non-hydrogen) atoms. The molecule has 2 atom stereocenters. The molecule has 1 amide bonds. The Balaban J connectivity index is 0.00000300. The molecule has 5 nitrogen and oxygen atoms in total. The number of rotatable bonds is 7. The van der Waals surface area contributed by atoms with Crippen molar-refractivity contribution in [3.05, 3.63) is 59.9 Å². The predicted molar refractivity (Wildman–Crippen MR) is 119 cm³/mol. The molecule has 1 aromatic heterocycles. The van der Waals surface area contributed by atoms with Crippen LogP contribution in [0.2, 0.25) is 0 Å². The van der Waals surface area contributed by atoms with E-state index >= 15 is 0 Å². The molecular weight excluding hydrogens is 386 g/mol. The summed E-state index contributed by atoms with van der Waals surface area (Å²) in [5.74, 6) is 1.21. The largest absolute Gasteiger partial charge is 0.497 e. The fourth-order valence-electron chi connectivity index (χ4n) is 3.83. The predicted octanol–water partition coefficient (Wildman–Crippen LogP) is 4.18. The first-order valence-corrected chi connectivity index (χ1v) is 10.2. The number of halogens is 1. The van der Waals surface area contributed by atoms with E-state index in [1.54, 1.807) is 13.3 Å². The van der Waals surface area contributed by atoms with Crippen LogP contribution in [0.5, 0.6) is 5.75 Å². The van der Waals surface area contributed by atoms with E-state index in [0.29, 0.717) is 13.0 Å². The molecule has 3 rings (SSSR count). The van der Waals surface area contributed by atoms with E-state index < -0.39 is 0 Å². The maximum absolute atomic E-state index is 13.3. The molecule has 0 radical (unpaired) electrons. The number of ether oxygens (including phenoxy) is 1. The first-order chi connectivity index (χ1) is 13.7. The molecule has 1 fully saturated rings. The third-order valence-corrected chi connectivity index (χ3v) is 5.53. The standard InChI is InChI=1S/C23H31N3O2.ClH/c1-18(19-8-10-22(28-2)11-9-19)16-23(27)26(17-20-6-3-4-14-25-20)21-7-5-13-24-15-12-21;/h3-4,6,8-11,14,18,21,24H,5,7,12-13,15-17H2,1-2H3;1H. The lowest BCUT2D eigenvalue weighted by molar-refractivity contribution is -0.135. The molecule has 2 unspecified atom stereocenters. The normalized spacial score (nSPS) is 17.5. The molecule has 0 spiro atoms. The van der Waals surface area contributed by atoms with E-state index in [0.717, 1.165) is 49.4 Å². The number of nitrogens with zero attached hydrogens (tertiary/aromatic N) is 2. The van der Waals surface area contributed by atoms with E-state index in [-0.39, 0.29) is 30.3 Å². The molecule has 2 heterocycles. The molecule has 6 heteroatoms. The van der Waals surface area contributed by atoms with Crippen LogP contribution in [0.3, 0.4) is 0 Å². The summed E-state index contributed by atoms with van der Waals surface area (Å²) in [5.41, 5.74) is 2.11. The van der Waals surface area contributed by atoms with Crippen LogP contribution >= 0.6 is 12.4 Å². The topological polar surface area (TPSA) is 54.5 Å². The summed E-state index contributed by atoms with van der Waals surface area (Å²) in [6, 6.07) is 14.2. The quantitative estimate of drug-likeness (QED) is 0.734. The van der Waals surface area contributed by atoms with E-state index in [1.807, 2.05) is 30.3 Å². The van der Waals surface area contributed by atoms with Crippen LogP contribution in [0.15, 0.2) is 48.7 Å². The Kier molecular flexibility index (Phi) is 9.42. The van der Waals surface area contributed by atoms with Gasteiger partial charge in [-0.05, 0) is 68.1 Å². The second-order valence-electron chi connectivity index (χ2n) is 7.56. The van der Waals surface area contributed by atoms with Crippen molar-refractivity contribution >= 4 is 18.3 Å². The van der Waals surface area contributed by atoms with Crippen LogP contribution in [0.25, 0.3) is 0 Å². The van der Waals surface area contributed by atoms with Gasteiger partial charge in [-0.3, -0.25) is 9.78 Å².